The van der Waals surface area contributed by atoms with Crippen LogP contribution in [0.3, 0.4) is 0 Å². The lowest BCUT2D eigenvalue weighted by Crippen LogP contribution is -2.50. The zero-order valence-corrected chi connectivity index (χ0v) is 11.5. The number of halogens is 2. The van der Waals surface area contributed by atoms with E-state index in [1.54, 1.807) is 0 Å². The third-order valence-electron chi connectivity index (χ3n) is 4.45. The average Bonchev–Trinajstić information content (AvgIpc) is 2.69. The van der Waals surface area contributed by atoms with Crippen LogP contribution in [0.5, 0.6) is 0 Å². The number of amides is 3. The highest BCUT2D eigenvalue weighted by Gasteiger charge is 2.52. The summed E-state index contributed by atoms with van der Waals surface area (Å²) in [5.74, 6) is -2.23. The van der Waals surface area contributed by atoms with Crippen LogP contribution >= 0.6 is 0 Å². The number of rotatable bonds is 2. The Labute approximate surface area is 121 Å². The van der Waals surface area contributed by atoms with Crippen LogP contribution in [-0.2, 0) is 11.3 Å². The van der Waals surface area contributed by atoms with Crippen molar-refractivity contribution in [2.75, 3.05) is 0 Å². The molecule has 2 aliphatic rings. The van der Waals surface area contributed by atoms with E-state index in [0.717, 1.165) is 25.3 Å². The Morgan fingerprint density at radius 1 is 1.14 bits per heavy atom. The second-order valence-electron chi connectivity index (χ2n) is 5.65. The maximum Gasteiger partial charge on any atom is 0.325 e. The summed E-state index contributed by atoms with van der Waals surface area (Å²) in [7, 11) is 0. The molecule has 0 atom stereocenters. The maximum atomic E-state index is 13.8. The van der Waals surface area contributed by atoms with Crippen LogP contribution in [0, 0.1) is 11.6 Å². The standard InChI is InChI=1S/C15H16F2N2O2/c16-11-6-4-5-10(12(11)17)9-19-14(21)18-13(20)15(19)7-2-1-3-8-15/h4-6H,1-3,7-9H2,(H,18,20,21). The number of urea groups is 1. The molecule has 6 heteroatoms. The van der Waals surface area contributed by atoms with Gasteiger partial charge < -0.3 is 4.90 Å². The third-order valence-corrected chi connectivity index (χ3v) is 4.45. The van der Waals surface area contributed by atoms with E-state index in [2.05, 4.69) is 5.32 Å². The smallest absolute Gasteiger partial charge is 0.305 e. The van der Waals surface area contributed by atoms with Gasteiger partial charge >= 0.3 is 6.03 Å². The van der Waals surface area contributed by atoms with E-state index < -0.39 is 23.2 Å². The summed E-state index contributed by atoms with van der Waals surface area (Å²) in [6.45, 7) is -0.0961. The molecule has 1 aromatic rings. The van der Waals surface area contributed by atoms with Crippen LogP contribution in [0.25, 0.3) is 0 Å². The molecule has 0 bridgehead atoms. The van der Waals surface area contributed by atoms with E-state index in [1.165, 1.54) is 17.0 Å². The number of carbonyl (C=O) groups excluding carboxylic acids is 2. The van der Waals surface area contributed by atoms with Gasteiger partial charge in [-0.1, -0.05) is 31.4 Å². The van der Waals surface area contributed by atoms with Gasteiger partial charge in [0.05, 0.1) is 6.54 Å². The van der Waals surface area contributed by atoms with E-state index in [4.69, 9.17) is 0 Å². The maximum absolute atomic E-state index is 13.8. The Hall–Kier alpha value is -1.98. The van der Waals surface area contributed by atoms with Gasteiger partial charge in [-0.15, -0.1) is 0 Å². The highest BCUT2D eigenvalue weighted by molar-refractivity contribution is 6.07. The summed E-state index contributed by atoms with van der Waals surface area (Å²) in [4.78, 5) is 25.6. The molecule has 0 unspecified atom stereocenters. The minimum atomic E-state index is -0.962. The Kier molecular flexibility index (Phi) is 3.39. The van der Waals surface area contributed by atoms with Crippen LogP contribution in [0.15, 0.2) is 18.2 Å². The first-order valence-electron chi connectivity index (χ1n) is 7.10. The molecule has 3 amide bonds. The average molecular weight is 294 g/mol. The van der Waals surface area contributed by atoms with Crippen LogP contribution in [-0.4, -0.2) is 22.4 Å². The first kappa shape index (κ1) is 14.0. The van der Waals surface area contributed by atoms with Crippen molar-refractivity contribution < 1.29 is 18.4 Å². The van der Waals surface area contributed by atoms with Crippen molar-refractivity contribution in [3.8, 4) is 0 Å². The van der Waals surface area contributed by atoms with Crippen molar-refractivity contribution in [2.24, 2.45) is 0 Å². The van der Waals surface area contributed by atoms with E-state index in [9.17, 15) is 18.4 Å². The SMILES string of the molecule is O=C1NC(=O)C2(CCCCC2)N1Cc1cccc(F)c1F. The van der Waals surface area contributed by atoms with Gasteiger partial charge in [-0.25, -0.2) is 13.6 Å². The van der Waals surface area contributed by atoms with E-state index >= 15 is 0 Å². The van der Waals surface area contributed by atoms with Gasteiger partial charge in [-0.05, 0) is 18.9 Å². The van der Waals surface area contributed by atoms with Gasteiger partial charge in [-0.2, -0.15) is 0 Å². The van der Waals surface area contributed by atoms with E-state index in [0.29, 0.717) is 12.8 Å². The molecule has 3 rings (SSSR count). The summed E-state index contributed by atoms with van der Waals surface area (Å²) in [5.41, 5.74) is -0.807. The fourth-order valence-electron chi connectivity index (χ4n) is 3.30. The first-order valence-corrected chi connectivity index (χ1v) is 7.10. The lowest BCUT2D eigenvalue weighted by molar-refractivity contribution is -0.128. The molecule has 0 aromatic heterocycles. The normalized spacial score (nSPS) is 21.0. The molecule has 21 heavy (non-hydrogen) atoms. The van der Waals surface area contributed by atoms with Gasteiger partial charge in [0.25, 0.3) is 5.91 Å². The number of imide groups is 1. The summed E-state index contributed by atoms with van der Waals surface area (Å²) < 4.78 is 27.1. The van der Waals surface area contributed by atoms with Crippen LogP contribution in [0.4, 0.5) is 13.6 Å². The highest BCUT2D eigenvalue weighted by atomic mass is 19.2. The number of carbonyl (C=O) groups is 2. The molecule has 1 heterocycles. The summed E-state index contributed by atoms with van der Waals surface area (Å²) in [6.07, 6.45) is 3.86. The number of nitrogens with zero attached hydrogens (tertiary/aromatic N) is 1. The molecule has 2 fully saturated rings. The number of hydrogen-bond donors (Lipinski definition) is 1. The largest absolute Gasteiger partial charge is 0.325 e. The molecule has 0 radical (unpaired) electrons. The molecular weight excluding hydrogens is 278 g/mol. The van der Waals surface area contributed by atoms with Crippen molar-refractivity contribution in [1.82, 2.24) is 10.2 Å². The molecule has 112 valence electrons. The molecule has 1 saturated heterocycles. The Bertz CT molecular complexity index is 597. The molecular formula is C15H16F2N2O2. The molecule has 1 spiro atoms. The quantitative estimate of drug-likeness (QED) is 0.853. The van der Waals surface area contributed by atoms with Crippen LogP contribution in [0.2, 0.25) is 0 Å². The molecule has 1 aromatic carbocycles. The Morgan fingerprint density at radius 2 is 1.86 bits per heavy atom. The zero-order chi connectivity index (χ0) is 15.0. The van der Waals surface area contributed by atoms with Crippen molar-refractivity contribution in [3.63, 3.8) is 0 Å². The minimum absolute atomic E-state index is 0.0878. The van der Waals surface area contributed by atoms with Crippen LogP contribution < -0.4 is 5.32 Å². The van der Waals surface area contributed by atoms with E-state index in [1.807, 2.05) is 0 Å². The van der Waals surface area contributed by atoms with E-state index in [-0.39, 0.29) is 18.0 Å². The van der Waals surface area contributed by atoms with Crippen molar-refractivity contribution in [3.05, 3.63) is 35.4 Å². The fourth-order valence-corrected chi connectivity index (χ4v) is 3.30. The molecule has 1 N–H and O–H groups in total. The molecule has 4 nitrogen and oxygen atoms in total. The lowest BCUT2D eigenvalue weighted by atomic mass is 9.80. The summed E-state index contributed by atoms with van der Waals surface area (Å²) in [5, 5.41) is 2.31. The highest BCUT2D eigenvalue weighted by Crippen LogP contribution is 2.38. The minimum Gasteiger partial charge on any atom is -0.305 e. The lowest BCUT2D eigenvalue weighted by Gasteiger charge is -2.38. The predicted molar refractivity (Wildman–Crippen MR) is 71.3 cm³/mol. The second kappa shape index (κ2) is 5.09. The monoisotopic (exact) mass is 294 g/mol. The summed E-state index contributed by atoms with van der Waals surface area (Å²) >= 11 is 0. The Morgan fingerprint density at radius 3 is 2.57 bits per heavy atom. The summed E-state index contributed by atoms with van der Waals surface area (Å²) in [6, 6.07) is 3.34. The van der Waals surface area contributed by atoms with Gasteiger partial charge in [-0.3, -0.25) is 10.1 Å². The third kappa shape index (κ3) is 2.18. The molecule has 1 aliphatic heterocycles. The van der Waals surface area contributed by atoms with Gasteiger partial charge in [0.2, 0.25) is 0 Å². The number of benzene rings is 1. The van der Waals surface area contributed by atoms with Crippen LogP contribution in [0.1, 0.15) is 37.7 Å². The predicted octanol–water partition coefficient (Wildman–Crippen LogP) is 2.72. The Balaban J connectivity index is 1.93. The van der Waals surface area contributed by atoms with Gasteiger partial charge in [0.15, 0.2) is 11.6 Å². The van der Waals surface area contributed by atoms with Crippen molar-refractivity contribution in [1.29, 1.82) is 0 Å². The number of nitrogens with one attached hydrogen (secondary N) is 1. The molecule has 1 saturated carbocycles. The number of hydrogen-bond acceptors (Lipinski definition) is 2. The van der Waals surface area contributed by atoms with Crippen molar-refractivity contribution >= 4 is 11.9 Å². The first-order chi connectivity index (χ1) is 10.0. The van der Waals surface area contributed by atoms with Gasteiger partial charge in [0, 0.05) is 5.56 Å². The topological polar surface area (TPSA) is 49.4 Å². The van der Waals surface area contributed by atoms with Crippen molar-refractivity contribution in [2.45, 2.75) is 44.2 Å². The zero-order valence-electron chi connectivity index (χ0n) is 11.5. The fraction of sp³-hybridized carbons (Fsp3) is 0.467. The molecule has 1 aliphatic carbocycles. The van der Waals surface area contributed by atoms with Gasteiger partial charge in [0.1, 0.15) is 5.54 Å². The second-order valence-corrected chi connectivity index (χ2v) is 5.65.